The van der Waals surface area contributed by atoms with Crippen molar-refractivity contribution < 1.29 is 19.4 Å². The second kappa shape index (κ2) is 6.34. The standard InChI is InChI=1S/C15H19NO4/c1-10-5-6-11(7-8-13(17)18)9-12(10)16-14(19)15(2,3)20-4/h5-9H,1-4H3,(H,16,19)(H,17,18)/b8-7+. The lowest BCUT2D eigenvalue weighted by atomic mass is 10.1. The van der Waals surface area contributed by atoms with Gasteiger partial charge in [0.15, 0.2) is 0 Å². The largest absolute Gasteiger partial charge is 0.478 e. The van der Waals surface area contributed by atoms with Crippen molar-refractivity contribution in [1.29, 1.82) is 0 Å². The predicted molar refractivity (Wildman–Crippen MR) is 77.6 cm³/mol. The monoisotopic (exact) mass is 277 g/mol. The van der Waals surface area contributed by atoms with E-state index >= 15 is 0 Å². The van der Waals surface area contributed by atoms with Gasteiger partial charge in [-0.3, -0.25) is 4.79 Å². The quantitative estimate of drug-likeness (QED) is 0.811. The first-order chi connectivity index (χ1) is 9.26. The minimum absolute atomic E-state index is 0.262. The topological polar surface area (TPSA) is 75.6 Å². The maximum absolute atomic E-state index is 12.0. The molecule has 5 nitrogen and oxygen atoms in total. The van der Waals surface area contributed by atoms with Crippen LogP contribution < -0.4 is 5.32 Å². The van der Waals surface area contributed by atoms with Gasteiger partial charge in [0.1, 0.15) is 5.60 Å². The summed E-state index contributed by atoms with van der Waals surface area (Å²) in [5.41, 5.74) is 1.29. The van der Waals surface area contributed by atoms with Crippen molar-refractivity contribution in [3.8, 4) is 0 Å². The zero-order valence-electron chi connectivity index (χ0n) is 12.1. The Morgan fingerprint density at radius 3 is 2.55 bits per heavy atom. The lowest BCUT2D eigenvalue weighted by Crippen LogP contribution is -2.39. The summed E-state index contributed by atoms with van der Waals surface area (Å²) in [6.45, 7) is 5.21. The number of aryl methyl sites for hydroxylation is 1. The van der Waals surface area contributed by atoms with E-state index < -0.39 is 11.6 Å². The molecule has 108 valence electrons. The number of carbonyl (C=O) groups excluding carboxylic acids is 1. The molecule has 0 fully saturated rings. The van der Waals surface area contributed by atoms with E-state index in [2.05, 4.69) is 5.32 Å². The molecular weight excluding hydrogens is 258 g/mol. The predicted octanol–water partition coefficient (Wildman–Crippen LogP) is 2.46. The number of ether oxygens (including phenoxy) is 1. The molecule has 1 aromatic carbocycles. The Morgan fingerprint density at radius 1 is 1.35 bits per heavy atom. The summed E-state index contributed by atoms with van der Waals surface area (Å²) in [5, 5.41) is 11.4. The fourth-order valence-electron chi connectivity index (χ4n) is 1.41. The van der Waals surface area contributed by atoms with Crippen molar-refractivity contribution in [2.75, 3.05) is 12.4 Å². The molecule has 0 saturated carbocycles. The summed E-state index contributed by atoms with van der Waals surface area (Å²) in [6, 6.07) is 5.32. The van der Waals surface area contributed by atoms with E-state index in [1.165, 1.54) is 13.2 Å². The molecule has 0 spiro atoms. The molecule has 2 N–H and O–H groups in total. The van der Waals surface area contributed by atoms with Crippen molar-refractivity contribution in [2.45, 2.75) is 26.4 Å². The number of amides is 1. The Morgan fingerprint density at radius 2 is 2.00 bits per heavy atom. The molecule has 5 heteroatoms. The molecular formula is C15H19NO4. The first-order valence-corrected chi connectivity index (χ1v) is 6.14. The number of anilines is 1. The summed E-state index contributed by atoms with van der Waals surface area (Å²) in [7, 11) is 1.47. The van der Waals surface area contributed by atoms with Crippen LogP contribution in [0.15, 0.2) is 24.3 Å². The molecule has 0 radical (unpaired) electrons. The number of hydrogen-bond acceptors (Lipinski definition) is 3. The molecule has 0 aliphatic rings. The van der Waals surface area contributed by atoms with E-state index in [1.54, 1.807) is 26.0 Å². The SMILES string of the molecule is COC(C)(C)C(=O)Nc1cc(/C=C/C(=O)O)ccc1C. The number of benzene rings is 1. The fourth-order valence-corrected chi connectivity index (χ4v) is 1.41. The zero-order chi connectivity index (χ0) is 15.3. The van der Waals surface area contributed by atoms with Gasteiger partial charge in [-0.25, -0.2) is 4.79 Å². The molecule has 1 amide bonds. The van der Waals surface area contributed by atoms with E-state index in [0.717, 1.165) is 11.6 Å². The van der Waals surface area contributed by atoms with Crippen LogP contribution in [-0.4, -0.2) is 29.7 Å². The average molecular weight is 277 g/mol. The van der Waals surface area contributed by atoms with Crippen LogP contribution in [0.3, 0.4) is 0 Å². The zero-order valence-corrected chi connectivity index (χ0v) is 12.1. The van der Waals surface area contributed by atoms with Crippen molar-refractivity contribution in [3.63, 3.8) is 0 Å². The number of rotatable bonds is 5. The number of nitrogens with one attached hydrogen (secondary N) is 1. The minimum atomic E-state index is -1.02. The van der Waals surface area contributed by atoms with Crippen molar-refractivity contribution in [3.05, 3.63) is 35.4 Å². The van der Waals surface area contributed by atoms with Gasteiger partial charge in [-0.2, -0.15) is 0 Å². The lowest BCUT2D eigenvalue weighted by molar-refractivity contribution is -0.133. The second-order valence-corrected chi connectivity index (χ2v) is 4.91. The van der Waals surface area contributed by atoms with Crippen LogP contribution in [0.4, 0.5) is 5.69 Å². The summed E-state index contributed by atoms with van der Waals surface area (Å²) < 4.78 is 5.12. The fraction of sp³-hybridized carbons (Fsp3) is 0.333. The van der Waals surface area contributed by atoms with Crippen LogP contribution in [0.1, 0.15) is 25.0 Å². The Hall–Kier alpha value is -2.14. The van der Waals surface area contributed by atoms with Gasteiger partial charge in [0.2, 0.25) is 0 Å². The molecule has 0 aromatic heterocycles. The smallest absolute Gasteiger partial charge is 0.328 e. The van der Waals surface area contributed by atoms with Gasteiger partial charge in [-0.1, -0.05) is 12.1 Å². The van der Waals surface area contributed by atoms with Crippen LogP contribution >= 0.6 is 0 Å². The third-order valence-corrected chi connectivity index (χ3v) is 2.99. The molecule has 0 aliphatic heterocycles. The van der Waals surface area contributed by atoms with E-state index in [-0.39, 0.29) is 5.91 Å². The van der Waals surface area contributed by atoms with Gasteiger partial charge in [-0.05, 0) is 44.0 Å². The van der Waals surface area contributed by atoms with Gasteiger partial charge >= 0.3 is 5.97 Å². The minimum Gasteiger partial charge on any atom is -0.478 e. The first kappa shape index (κ1) is 15.9. The normalized spacial score (nSPS) is 11.6. The van der Waals surface area contributed by atoms with Gasteiger partial charge in [-0.15, -0.1) is 0 Å². The third-order valence-electron chi connectivity index (χ3n) is 2.99. The Labute approximate surface area is 118 Å². The van der Waals surface area contributed by atoms with Crippen LogP contribution in [0.25, 0.3) is 6.08 Å². The highest BCUT2D eigenvalue weighted by Gasteiger charge is 2.27. The van der Waals surface area contributed by atoms with Crippen LogP contribution in [0, 0.1) is 6.92 Å². The maximum Gasteiger partial charge on any atom is 0.328 e. The van der Waals surface area contributed by atoms with Gasteiger partial charge < -0.3 is 15.2 Å². The van der Waals surface area contributed by atoms with Crippen LogP contribution in [0.2, 0.25) is 0 Å². The number of carbonyl (C=O) groups is 2. The number of hydrogen-bond donors (Lipinski definition) is 2. The second-order valence-electron chi connectivity index (χ2n) is 4.91. The number of aliphatic carboxylic acids is 1. The highest BCUT2D eigenvalue weighted by molar-refractivity contribution is 5.97. The molecule has 0 saturated heterocycles. The highest BCUT2D eigenvalue weighted by atomic mass is 16.5. The number of carboxylic acid groups (broad SMARTS) is 1. The summed E-state index contributed by atoms with van der Waals surface area (Å²) in [6.07, 6.45) is 2.52. The molecule has 1 rings (SSSR count). The van der Waals surface area contributed by atoms with Crippen LogP contribution in [0.5, 0.6) is 0 Å². The number of carboxylic acids is 1. The summed E-state index contributed by atoms with van der Waals surface area (Å²) >= 11 is 0. The molecule has 1 aromatic rings. The maximum atomic E-state index is 12.0. The van der Waals surface area contributed by atoms with E-state index in [4.69, 9.17) is 9.84 Å². The van der Waals surface area contributed by atoms with E-state index in [1.807, 2.05) is 13.0 Å². The average Bonchev–Trinajstić information content (AvgIpc) is 2.39. The van der Waals surface area contributed by atoms with Crippen molar-refractivity contribution >= 4 is 23.6 Å². The molecule has 0 aliphatic carbocycles. The molecule has 0 atom stereocenters. The molecule has 0 heterocycles. The van der Waals surface area contributed by atoms with Gasteiger partial charge in [0, 0.05) is 18.9 Å². The van der Waals surface area contributed by atoms with E-state index in [0.29, 0.717) is 11.3 Å². The lowest BCUT2D eigenvalue weighted by Gasteiger charge is -2.22. The van der Waals surface area contributed by atoms with Gasteiger partial charge in [0.05, 0.1) is 0 Å². The van der Waals surface area contributed by atoms with Crippen molar-refractivity contribution in [2.24, 2.45) is 0 Å². The Bertz CT molecular complexity index is 547. The molecule has 0 bridgehead atoms. The van der Waals surface area contributed by atoms with Crippen LogP contribution in [-0.2, 0) is 14.3 Å². The van der Waals surface area contributed by atoms with Gasteiger partial charge in [0.25, 0.3) is 5.91 Å². The van der Waals surface area contributed by atoms with Crippen molar-refractivity contribution in [1.82, 2.24) is 0 Å². The number of methoxy groups -OCH3 is 1. The van der Waals surface area contributed by atoms with E-state index in [9.17, 15) is 9.59 Å². The summed E-state index contributed by atoms with van der Waals surface area (Å²) in [5.74, 6) is -1.28. The highest BCUT2D eigenvalue weighted by Crippen LogP contribution is 2.20. The molecule has 20 heavy (non-hydrogen) atoms. The summed E-state index contributed by atoms with van der Waals surface area (Å²) in [4.78, 5) is 22.5. The third kappa shape index (κ3) is 4.20. The molecule has 0 unspecified atom stereocenters. The first-order valence-electron chi connectivity index (χ1n) is 6.14. The Kier molecular flexibility index (Phi) is 5.05. The Balaban J connectivity index is 2.98.